The molecule has 1 aromatic heterocycles. The summed E-state index contributed by atoms with van der Waals surface area (Å²) < 4.78 is 10.9. The molecule has 3 rings (SSSR count). The molecule has 2 heterocycles. The molecule has 0 spiro atoms. The van der Waals surface area contributed by atoms with E-state index < -0.39 is 0 Å². The molecule has 148 valence electrons. The summed E-state index contributed by atoms with van der Waals surface area (Å²) in [5, 5.41) is 3.58. The van der Waals surface area contributed by atoms with Gasteiger partial charge < -0.3 is 19.4 Å². The third kappa shape index (κ3) is 6.44. The molecule has 2 fully saturated rings. The second-order valence-electron chi connectivity index (χ2n) is 7.22. The van der Waals surface area contributed by atoms with Gasteiger partial charge in [-0.25, -0.2) is 0 Å². The quantitative estimate of drug-likeness (QED) is 0.268. The minimum absolute atomic E-state index is 0. The molecule has 0 radical (unpaired) electrons. The average molecular weight is 475 g/mol. The highest BCUT2D eigenvalue weighted by atomic mass is 127. The lowest BCUT2D eigenvalue weighted by Gasteiger charge is -2.22. The van der Waals surface area contributed by atoms with Crippen molar-refractivity contribution in [2.75, 3.05) is 39.4 Å². The Morgan fingerprint density at radius 2 is 2.08 bits per heavy atom. The zero-order valence-corrected chi connectivity index (χ0v) is 18.3. The van der Waals surface area contributed by atoms with Crippen LogP contribution in [0.3, 0.4) is 0 Å². The first kappa shape index (κ1) is 21.5. The zero-order chi connectivity index (χ0) is 17.3. The highest BCUT2D eigenvalue weighted by Gasteiger charge is 2.35. The van der Waals surface area contributed by atoms with Crippen LogP contribution >= 0.6 is 24.0 Å². The lowest BCUT2D eigenvalue weighted by atomic mass is 9.82. The lowest BCUT2D eigenvalue weighted by Crippen LogP contribution is -2.41. The van der Waals surface area contributed by atoms with Crippen molar-refractivity contribution in [2.45, 2.75) is 45.4 Å². The number of nitrogens with zero attached hydrogens (tertiary/aromatic N) is 2. The Kier molecular flexibility index (Phi) is 9.82. The number of guanidine groups is 1. The van der Waals surface area contributed by atoms with Crippen molar-refractivity contribution in [3.63, 3.8) is 0 Å². The second-order valence-corrected chi connectivity index (χ2v) is 7.22. The Labute approximate surface area is 175 Å². The molecule has 1 saturated heterocycles. The van der Waals surface area contributed by atoms with Crippen molar-refractivity contribution in [3.8, 4) is 0 Å². The van der Waals surface area contributed by atoms with Gasteiger partial charge in [0, 0.05) is 45.8 Å². The summed E-state index contributed by atoms with van der Waals surface area (Å²) in [6.07, 6.45) is 9.21. The monoisotopic (exact) mass is 475 g/mol. The van der Waals surface area contributed by atoms with Gasteiger partial charge in [0.1, 0.15) is 5.76 Å². The van der Waals surface area contributed by atoms with E-state index in [1.54, 1.807) is 6.26 Å². The largest absolute Gasteiger partial charge is 0.469 e. The summed E-state index contributed by atoms with van der Waals surface area (Å²) in [6.45, 7) is 7.65. The number of hydrogen-bond acceptors (Lipinski definition) is 3. The minimum atomic E-state index is 0. The molecule has 6 heteroatoms. The van der Waals surface area contributed by atoms with E-state index in [0.717, 1.165) is 62.7 Å². The van der Waals surface area contributed by atoms with Crippen LogP contribution in [0.2, 0.25) is 0 Å². The molecule has 1 aliphatic carbocycles. The zero-order valence-electron chi connectivity index (χ0n) is 16.0. The van der Waals surface area contributed by atoms with E-state index in [1.165, 1.54) is 38.8 Å². The fourth-order valence-electron chi connectivity index (χ4n) is 4.09. The highest BCUT2D eigenvalue weighted by Crippen LogP contribution is 2.35. The smallest absolute Gasteiger partial charge is 0.193 e. The van der Waals surface area contributed by atoms with Crippen LogP contribution in [0.5, 0.6) is 0 Å². The molecule has 1 aromatic rings. The molecule has 5 nitrogen and oxygen atoms in total. The van der Waals surface area contributed by atoms with Crippen LogP contribution in [0.15, 0.2) is 27.8 Å². The van der Waals surface area contributed by atoms with Gasteiger partial charge in [0.2, 0.25) is 0 Å². The van der Waals surface area contributed by atoms with E-state index >= 15 is 0 Å². The van der Waals surface area contributed by atoms with Gasteiger partial charge in [-0.15, -0.1) is 24.0 Å². The van der Waals surface area contributed by atoms with Crippen molar-refractivity contribution >= 4 is 29.9 Å². The Morgan fingerprint density at radius 1 is 1.31 bits per heavy atom. The third-order valence-corrected chi connectivity index (χ3v) is 5.42. The van der Waals surface area contributed by atoms with Gasteiger partial charge in [0.05, 0.1) is 6.26 Å². The first-order valence-corrected chi connectivity index (χ1v) is 10.00. The summed E-state index contributed by atoms with van der Waals surface area (Å²) in [5.74, 6) is 3.85. The minimum Gasteiger partial charge on any atom is -0.469 e. The number of rotatable bonds is 8. The molecular weight excluding hydrogens is 441 g/mol. The maximum Gasteiger partial charge on any atom is 0.193 e. The molecule has 2 unspecified atom stereocenters. The molecule has 0 amide bonds. The molecule has 1 saturated carbocycles. The van der Waals surface area contributed by atoms with Crippen molar-refractivity contribution < 1.29 is 9.15 Å². The number of fused-ring (bicyclic) bond motifs is 1. The van der Waals surface area contributed by atoms with Crippen molar-refractivity contribution in [3.05, 3.63) is 24.2 Å². The van der Waals surface area contributed by atoms with Crippen LogP contribution < -0.4 is 5.32 Å². The van der Waals surface area contributed by atoms with E-state index in [1.807, 2.05) is 19.1 Å². The predicted molar refractivity (Wildman–Crippen MR) is 116 cm³/mol. The van der Waals surface area contributed by atoms with Crippen LogP contribution in [-0.4, -0.2) is 50.3 Å². The molecule has 0 bridgehead atoms. The van der Waals surface area contributed by atoms with Crippen LogP contribution in [0.4, 0.5) is 0 Å². The van der Waals surface area contributed by atoms with Gasteiger partial charge >= 0.3 is 0 Å². The van der Waals surface area contributed by atoms with E-state index in [4.69, 9.17) is 14.1 Å². The number of nitrogens with one attached hydrogen (secondary N) is 1. The van der Waals surface area contributed by atoms with E-state index in [9.17, 15) is 0 Å². The summed E-state index contributed by atoms with van der Waals surface area (Å²) in [4.78, 5) is 7.36. The van der Waals surface area contributed by atoms with Crippen LogP contribution in [-0.2, 0) is 11.2 Å². The standard InChI is InChI=1S/C20H33N3O2.HI/c1-2-24-13-6-11-21-20(22-12-10-19-9-5-14-25-19)23-15-17-7-3-4-8-18(17)16-23;/h5,9,14,17-18H,2-4,6-8,10-13,15-16H2,1H3,(H,21,22);1H. The fourth-order valence-corrected chi connectivity index (χ4v) is 4.09. The molecule has 26 heavy (non-hydrogen) atoms. The predicted octanol–water partition coefficient (Wildman–Crippen LogP) is 3.93. The van der Waals surface area contributed by atoms with Crippen molar-refractivity contribution in [1.29, 1.82) is 0 Å². The van der Waals surface area contributed by atoms with Gasteiger partial charge in [-0.1, -0.05) is 12.8 Å². The molecule has 0 aromatic carbocycles. The maximum atomic E-state index is 5.43. The lowest BCUT2D eigenvalue weighted by molar-refractivity contribution is 0.146. The number of furan rings is 1. The van der Waals surface area contributed by atoms with Gasteiger partial charge in [-0.3, -0.25) is 4.99 Å². The van der Waals surface area contributed by atoms with E-state index in [-0.39, 0.29) is 24.0 Å². The van der Waals surface area contributed by atoms with Gasteiger partial charge in [-0.2, -0.15) is 0 Å². The van der Waals surface area contributed by atoms with Crippen molar-refractivity contribution in [2.24, 2.45) is 16.8 Å². The summed E-state index contributed by atoms with van der Waals surface area (Å²) in [7, 11) is 0. The molecule has 1 aliphatic heterocycles. The number of ether oxygens (including phenoxy) is 1. The number of likely N-dealkylation sites (tertiary alicyclic amines) is 1. The molecule has 2 aliphatic rings. The normalized spacial score (nSPS) is 22.8. The van der Waals surface area contributed by atoms with Gasteiger partial charge in [-0.05, 0) is 50.2 Å². The Hall–Kier alpha value is -0.760. The summed E-state index contributed by atoms with van der Waals surface area (Å²) in [5.41, 5.74) is 0. The second kappa shape index (κ2) is 11.8. The van der Waals surface area contributed by atoms with Crippen LogP contribution in [0.1, 0.15) is 44.8 Å². The third-order valence-electron chi connectivity index (χ3n) is 5.42. The molecule has 2 atom stereocenters. The molecular formula is C20H34IN3O2. The topological polar surface area (TPSA) is 50.0 Å². The first-order valence-electron chi connectivity index (χ1n) is 10.00. The highest BCUT2D eigenvalue weighted by molar-refractivity contribution is 14.0. The Morgan fingerprint density at radius 3 is 2.73 bits per heavy atom. The average Bonchev–Trinajstić information content (AvgIpc) is 3.29. The fraction of sp³-hybridized carbons (Fsp3) is 0.750. The number of hydrogen-bond donors (Lipinski definition) is 1. The van der Waals surface area contributed by atoms with E-state index in [0.29, 0.717) is 0 Å². The summed E-state index contributed by atoms with van der Waals surface area (Å²) >= 11 is 0. The maximum absolute atomic E-state index is 5.43. The van der Waals surface area contributed by atoms with Crippen molar-refractivity contribution in [1.82, 2.24) is 10.2 Å². The van der Waals surface area contributed by atoms with Crippen LogP contribution in [0, 0.1) is 11.8 Å². The Bertz CT molecular complexity index is 507. The Balaban J connectivity index is 0.00000243. The number of halogens is 1. The number of aliphatic imine (C=N–C) groups is 1. The first-order chi connectivity index (χ1) is 12.4. The van der Waals surface area contributed by atoms with E-state index in [2.05, 4.69) is 10.2 Å². The molecule has 1 N–H and O–H groups in total. The van der Waals surface area contributed by atoms with Gasteiger partial charge in [0.15, 0.2) is 5.96 Å². The summed E-state index contributed by atoms with van der Waals surface area (Å²) in [6, 6.07) is 3.98. The van der Waals surface area contributed by atoms with Gasteiger partial charge in [0.25, 0.3) is 0 Å². The van der Waals surface area contributed by atoms with Crippen LogP contribution in [0.25, 0.3) is 0 Å². The SMILES string of the molecule is CCOCCCN=C(NCCc1ccco1)N1CC2CCCCC2C1.I.